The van der Waals surface area contributed by atoms with Crippen molar-refractivity contribution < 1.29 is 28.2 Å². The van der Waals surface area contributed by atoms with E-state index in [-0.39, 0.29) is 22.7 Å². The van der Waals surface area contributed by atoms with E-state index in [1.165, 1.54) is 32.6 Å². The van der Waals surface area contributed by atoms with Crippen LogP contribution in [0.3, 0.4) is 0 Å². The maximum atomic E-state index is 12.5. The van der Waals surface area contributed by atoms with E-state index in [0.717, 1.165) is 0 Å². The number of rotatable bonds is 7. The average Bonchev–Trinajstić information content (AvgIpc) is 3.25. The molecule has 0 amide bonds. The fourth-order valence-electron chi connectivity index (χ4n) is 2.51. The van der Waals surface area contributed by atoms with Gasteiger partial charge >= 0.3 is 5.97 Å². The monoisotopic (exact) mass is 378 g/mol. The Bertz CT molecular complexity index is 1000. The van der Waals surface area contributed by atoms with E-state index in [1.807, 2.05) is 0 Å². The molecule has 6 heteroatoms. The summed E-state index contributed by atoms with van der Waals surface area (Å²) in [6, 6.07) is 14.7. The summed E-state index contributed by atoms with van der Waals surface area (Å²) >= 11 is 0. The van der Waals surface area contributed by atoms with Crippen molar-refractivity contribution in [3.63, 3.8) is 0 Å². The molecule has 0 bridgehead atoms. The summed E-state index contributed by atoms with van der Waals surface area (Å²) < 4.78 is 21.0. The van der Waals surface area contributed by atoms with Crippen molar-refractivity contribution in [1.29, 1.82) is 0 Å². The first-order valence-corrected chi connectivity index (χ1v) is 8.41. The zero-order chi connectivity index (χ0) is 19.9. The van der Waals surface area contributed by atoms with E-state index in [0.29, 0.717) is 17.3 Å². The molecule has 2 aromatic carbocycles. The van der Waals surface area contributed by atoms with Gasteiger partial charge in [-0.15, -0.1) is 0 Å². The third-order valence-electron chi connectivity index (χ3n) is 3.92. The van der Waals surface area contributed by atoms with Crippen molar-refractivity contribution in [2.45, 2.75) is 0 Å². The van der Waals surface area contributed by atoms with Gasteiger partial charge in [0.15, 0.2) is 17.3 Å². The first-order valence-electron chi connectivity index (χ1n) is 8.41. The van der Waals surface area contributed by atoms with Gasteiger partial charge < -0.3 is 18.6 Å². The van der Waals surface area contributed by atoms with Gasteiger partial charge in [-0.25, -0.2) is 4.79 Å². The number of hydrogen-bond acceptors (Lipinski definition) is 6. The summed E-state index contributed by atoms with van der Waals surface area (Å²) in [5.41, 5.74) is 0.533. The number of ether oxygens (including phenoxy) is 3. The molecule has 0 aliphatic carbocycles. The van der Waals surface area contributed by atoms with Crippen LogP contribution >= 0.6 is 0 Å². The molecule has 0 fully saturated rings. The van der Waals surface area contributed by atoms with Gasteiger partial charge in [-0.1, -0.05) is 12.1 Å². The first-order chi connectivity index (χ1) is 13.6. The minimum absolute atomic E-state index is 0.163. The fraction of sp³-hybridized carbons (Fsp3) is 0.0909. The van der Waals surface area contributed by atoms with Crippen LogP contribution < -0.4 is 14.2 Å². The Balaban J connectivity index is 1.81. The third-order valence-corrected chi connectivity index (χ3v) is 3.92. The molecule has 0 aliphatic heterocycles. The van der Waals surface area contributed by atoms with E-state index in [2.05, 4.69) is 0 Å². The van der Waals surface area contributed by atoms with Crippen molar-refractivity contribution in [1.82, 2.24) is 0 Å². The van der Waals surface area contributed by atoms with Gasteiger partial charge in [-0.3, -0.25) is 4.79 Å². The minimum Gasteiger partial charge on any atom is -0.493 e. The van der Waals surface area contributed by atoms with Crippen molar-refractivity contribution in [3.8, 4) is 17.2 Å². The molecule has 1 aromatic heterocycles. The first kappa shape index (κ1) is 19.0. The Labute approximate surface area is 162 Å². The molecule has 28 heavy (non-hydrogen) atoms. The second-order valence-electron chi connectivity index (χ2n) is 5.67. The standard InChI is InChI=1S/C22H18O6/c1-25-20-12-9-15(14-21(20)26-2)22(24)28-19-8-4-3-7-17(19)18(23)11-10-16-6-5-13-27-16/h3-14H,1-2H3/b11-10+. The van der Waals surface area contributed by atoms with E-state index < -0.39 is 5.97 Å². The lowest BCUT2D eigenvalue weighted by Crippen LogP contribution is -2.11. The summed E-state index contributed by atoms with van der Waals surface area (Å²) in [6.07, 6.45) is 4.43. The predicted molar refractivity (Wildman–Crippen MR) is 103 cm³/mol. The van der Waals surface area contributed by atoms with Crippen LogP contribution in [0.1, 0.15) is 26.5 Å². The second-order valence-corrected chi connectivity index (χ2v) is 5.67. The molecule has 0 N–H and O–H groups in total. The number of ketones is 1. The highest BCUT2D eigenvalue weighted by atomic mass is 16.5. The molecule has 142 valence electrons. The largest absolute Gasteiger partial charge is 0.493 e. The van der Waals surface area contributed by atoms with Gasteiger partial charge in [-0.05, 0) is 54.6 Å². The van der Waals surface area contributed by atoms with Crippen LogP contribution in [-0.2, 0) is 0 Å². The number of furan rings is 1. The van der Waals surface area contributed by atoms with Gasteiger partial charge in [0.05, 0.1) is 31.6 Å². The molecule has 0 saturated heterocycles. The Hall–Kier alpha value is -3.80. The molecule has 0 aliphatic rings. The van der Waals surface area contributed by atoms with Crippen LogP contribution in [-0.4, -0.2) is 26.0 Å². The zero-order valence-corrected chi connectivity index (χ0v) is 15.4. The molecule has 0 spiro atoms. The highest BCUT2D eigenvalue weighted by Crippen LogP contribution is 2.28. The summed E-state index contributed by atoms with van der Waals surface area (Å²) in [4.78, 5) is 25.0. The number of esters is 1. The second kappa shape index (κ2) is 8.73. The maximum absolute atomic E-state index is 12.5. The quantitative estimate of drug-likeness (QED) is 0.262. The Morgan fingerprint density at radius 2 is 1.68 bits per heavy atom. The summed E-state index contributed by atoms with van der Waals surface area (Å²) in [6.45, 7) is 0. The average molecular weight is 378 g/mol. The molecule has 0 saturated carbocycles. The van der Waals surface area contributed by atoms with Crippen molar-refractivity contribution in [2.75, 3.05) is 14.2 Å². The van der Waals surface area contributed by atoms with Crippen LogP contribution in [0, 0.1) is 0 Å². The normalized spacial score (nSPS) is 10.6. The zero-order valence-electron chi connectivity index (χ0n) is 15.4. The Morgan fingerprint density at radius 1 is 0.893 bits per heavy atom. The molecule has 1 heterocycles. The van der Waals surface area contributed by atoms with Crippen molar-refractivity contribution >= 4 is 17.8 Å². The topological polar surface area (TPSA) is 75.0 Å². The molecule has 0 atom stereocenters. The SMILES string of the molecule is COc1ccc(C(=O)Oc2ccccc2C(=O)/C=C/c2ccco2)cc1OC. The van der Waals surface area contributed by atoms with Crippen LogP contribution in [0.2, 0.25) is 0 Å². The Morgan fingerprint density at radius 3 is 2.39 bits per heavy atom. The summed E-state index contributed by atoms with van der Waals surface area (Å²) in [7, 11) is 2.99. The highest BCUT2D eigenvalue weighted by Gasteiger charge is 2.16. The fourth-order valence-corrected chi connectivity index (χ4v) is 2.51. The van der Waals surface area contributed by atoms with E-state index >= 15 is 0 Å². The smallest absolute Gasteiger partial charge is 0.343 e. The molecule has 3 aromatic rings. The molecular formula is C22H18O6. The van der Waals surface area contributed by atoms with E-state index in [9.17, 15) is 9.59 Å². The lowest BCUT2D eigenvalue weighted by Gasteiger charge is -2.11. The number of allylic oxidation sites excluding steroid dienone is 1. The third kappa shape index (κ3) is 4.29. The number of para-hydroxylation sites is 1. The van der Waals surface area contributed by atoms with Crippen LogP contribution in [0.4, 0.5) is 0 Å². The van der Waals surface area contributed by atoms with Gasteiger partial charge in [0.25, 0.3) is 0 Å². The van der Waals surface area contributed by atoms with Crippen LogP contribution in [0.15, 0.2) is 71.4 Å². The maximum Gasteiger partial charge on any atom is 0.343 e. The minimum atomic E-state index is -0.615. The lowest BCUT2D eigenvalue weighted by atomic mass is 10.1. The highest BCUT2D eigenvalue weighted by molar-refractivity contribution is 6.09. The van der Waals surface area contributed by atoms with E-state index in [4.69, 9.17) is 18.6 Å². The molecule has 0 unspecified atom stereocenters. The van der Waals surface area contributed by atoms with Gasteiger partial charge in [0, 0.05) is 0 Å². The molecule has 0 radical (unpaired) electrons. The van der Waals surface area contributed by atoms with Crippen molar-refractivity contribution in [3.05, 3.63) is 83.8 Å². The number of benzene rings is 2. The van der Waals surface area contributed by atoms with Gasteiger partial charge in [0.2, 0.25) is 0 Å². The number of methoxy groups -OCH3 is 2. The lowest BCUT2D eigenvalue weighted by molar-refractivity contribution is 0.0732. The number of carbonyl (C=O) groups excluding carboxylic acids is 2. The van der Waals surface area contributed by atoms with Crippen LogP contribution in [0.5, 0.6) is 17.2 Å². The predicted octanol–water partition coefficient (Wildman–Crippen LogP) is 4.41. The number of hydrogen-bond donors (Lipinski definition) is 0. The Kier molecular flexibility index (Phi) is 5.91. The molecular weight excluding hydrogens is 360 g/mol. The summed E-state index contributed by atoms with van der Waals surface area (Å²) in [5.74, 6) is 0.688. The molecule has 6 nitrogen and oxygen atoms in total. The molecule has 3 rings (SSSR count). The number of carbonyl (C=O) groups is 2. The van der Waals surface area contributed by atoms with E-state index in [1.54, 1.807) is 54.6 Å². The van der Waals surface area contributed by atoms with Gasteiger partial charge in [0.1, 0.15) is 11.5 Å². The van der Waals surface area contributed by atoms with Crippen LogP contribution in [0.25, 0.3) is 6.08 Å². The van der Waals surface area contributed by atoms with Crippen molar-refractivity contribution in [2.24, 2.45) is 0 Å². The van der Waals surface area contributed by atoms with Gasteiger partial charge in [-0.2, -0.15) is 0 Å². The summed E-state index contributed by atoms with van der Waals surface area (Å²) in [5, 5.41) is 0.